The summed E-state index contributed by atoms with van der Waals surface area (Å²) in [7, 11) is 1.61. The molecule has 2 N–H and O–H groups in total. The molecule has 2 aromatic rings. The van der Waals surface area contributed by atoms with Gasteiger partial charge in [0.05, 0.1) is 7.11 Å². The van der Waals surface area contributed by atoms with Gasteiger partial charge >= 0.3 is 6.03 Å². The highest BCUT2D eigenvalue weighted by molar-refractivity contribution is 5.95. The first-order valence-corrected chi connectivity index (χ1v) is 9.16. The van der Waals surface area contributed by atoms with Crippen LogP contribution in [0.1, 0.15) is 12.0 Å². The molecule has 0 radical (unpaired) electrons. The minimum absolute atomic E-state index is 0.0800. The summed E-state index contributed by atoms with van der Waals surface area (Å²) in [6, 6.07) is 17.3. The fraction of sp³-hybridized carbons (Fsp3) is 0.333. The van der Waals surface area contributed by atoms with Crippen molar-refractivity contribution in [1.29, 1.82) is 0 Å². The number of nitrogens with zero attached hydrogens (tertiary/aromatic N) is 1. The van der Waals surface area contributed by atoms with Gasteiger partial charge in [0.25, 0.3) is 0 Å². The standard InChI is InChI=1S/C21H25N3O3/c1-27-19-9-7-18(8-10-19)24-15-17(13-20(24)25)14-23-21(26)22-12-11-16-5-3-2-4-6-16/h2-10,17H,11-15H2,1H3,(H2,22,23,26)/t17-/m1/s1. The largest absolute Gasteiger partial charge is 0.497 e. The van der Waals surface area contributed by atoms with Crippen LogP contribution in [-0.2, 0) is 11.2 Å². The number of amides is 3. The minimum Gasteiger partial charge on any atom is -0.497 e. The Morgan fingerprint density at radius 3 is 2.56 bits per heavy atom. The Bertz CT molecular complexity index is 762. The summed E-state index contributed by atoms with van der Waals surface area (Å²) in [6.45, 7) is 1.67. The van der Waals surface area contributed by atoms with Crippen LogP contribution in [0, 0.1) is 5.92 Å². The van der Waals surface area contributed by atoms with E-state index in [4.69, 9.17) is 4.74 Å². The SMILES string of the molecule is COc1ccc(N2C[C@@H](CNC(=O)NCCc3ccccc3)CC2=O)cc1. The van der Waals surface area contributed by atoms with E-state index in [1.807, 2.05) is 54.6 Å². The molecule has 0 spiro atoms. The van der Waals surface area contributed by atoms with Crippen LogP contribution < -0.4 is 20.3 Å². The molecule has 27 heavy (non-hydrogen) atoms. The first-order chi connectivity index (χ1) is 13.2. The predicted octanol–water partition coefficient (Wildman–Crippen LogP) is 2.59. The number of benzene rings is 2. The third-order valence-corrected chi connectivity index (χ3v) is 4.68. The number of rotatable bonds is 7. The fourth-order valence-electron chi connectivity index (χ4n) is 3.19. The van der Waals surface area contributed by atoms with Crippen LogP contribution in [0.25, 0.3) is 0 Å². The number of anilines is 1. The molecular weight excluding hydrogens is 342 g/mol. The molecule has 1 saturated heterocycles. The molecule has 142 valence electrons. The van der Waals surface area contributed by atoms with E-state index in [-0.39, 0.29) is 17.9 Å². The van der Waals surface area contributed by atoms with E-state index in [0.717, 1.165) is 17.9 Å². The predicted molar refractivity (Wildman–Crippen MR) is 105 cm³/mol. The van der Waals surface area contributed by atoms with E-state index in [1.54, 1.807) is 12.0 Å². The first-order valence-electron chi connectivity index (χ1n) is 9.16. The van der Waals surface area contributed by atoms with Gasteiger partial charge in [-0.3, -0.25) is 4.79 Å². The summed E-state index contributed by atoms with van der Waals surface area (Å²) >= 11 is 0. The molecule has 6 heteroatoms. The van der Waals surface area contributed by atoms with Crippen molar-refractivity contribution in [2.24, 2.45) is 5.92 Å². The lowest BCUT2D eigenvalue weighted by atomic mass is 10.1. The molecule has 3 rings (SSSR count). The van der Waals surface area contributed by atoms with Gasteiger partial charge in [-0.2, -0.15) is 0 Å². The van der Waals surface area contributed by atoms with Gasteiger partial charge in [-0.1, -0.05) is 30.3 Å². The minimum atomic E-state index is -0.193. The summed E-state index contributed by atoms with van der Waals surface area (Å²) in [5.41, 5.74) is 2.05. The lowest BCUT2D eigenvalue weighted by Gasteiger charge is -2.17. The van der Waals surface area contributed by atoms with Crippen molar-refractivity contribution in [1.82, 2.24) is 10.6 Å². The van der Waals surface area contributed by atoms with Gasteiger partial charge in [-0.05, 0) is 36.2 Å². The number of carbonyl (C=O) groups excluding carboxylic acids is 2. The number of nitrogens with one attached hydrogen (secondary N) is 2. The van der Waals surface area contributed by atoms with Crippen molar-refractivity contribution in [2.45, 2.75) is 12.8 Å². The van der Waals surface area contributed by atoms with Crippen LogP contribution in [0.15, 0.2) is 54.6 Å². The summed E-state index contributed by atoms with van der Waals surface area (Å²) in [6.07, 6.45) is 1.23. The molecule has 1 aliphatic heterocycles. The molecule has 2 aromatic carbocycles. The van der Waals surface area contributed by atoms with E-state index in [1.165, 1.54) is 5.56 Å². The summed E-state index contributed by atoms with van der Waals surface area (Å²) in [5.74, 6) is 0.951. The van der Waals surface area contributed by atoms with Gasteiger partial charge in [-0.15, -0.1) is 0 Å². The molecule has 3 amide bonds. The van der Waals surface area contributed by atoms with Crippen LogP contribution >= 0.6 is 0 Å². The van der Waals surface area contributed by atoms with Gasteiger partial charge in [0.15, 0.2) is 0 Å². The number of hydrogen-bond donors (Lipinski definition) is 2. The van der Waals surface area contributed by atoms with Crippen LogP contribution in [0.3, 0.4) is 0 Å². The van der Waals surface area contributed by atoms with Crippen LogP contribution in [0.4, 0.5) is 10.5 Å². The van der Waals surface area contributed by atoms with Crippen molar-refractivity contribution in [3.05, 3.63) is 60.2 Å². The number of ether oxygens (including phenoxy) is 1. The second kappa shape index (κ2) is 9.07. The molecule has 1 atom stereocenters. The van der Waals surface area contributed by atoms with Crippen molar-refractivity contribution < 1.29 is 14.3 Å². The molecule has 0 aromatic heterocycles. The van der Waals surface area contributed by atoms with E-state index in [9.17, 15) is 9.59 Å². The smallest absolute Gasteiger partial charge is 0.314 e. The molecule has 0 bridgehead atoms. The molecule has 1 fully saturated rings. The summed E-state index contributed by atoms with van der Waals surface area (Å²) < 4.78 is 5.15. The highest BCUT2D eigenvalue weighted by Crippen LogP contribution is 2.26. The second-order valence-corrected chi connectivity index (χ2v) is 6.64. The Hall–Kier alpha value is -3.02. The molecular formula is C21H25N3O3. The molecule has 0 aliphatic carbocycles. The quantitative estimate of drug-likeness (QED) is 0.790. The molecule has 0 unspecified atom stereocenters. The number of carbonyl (C=O) groups is 2. The van der Waals surface area contributed by atoms with E-state index in [2.05, 4.69) is 10.6 Å². The normalized spacial score (nSPS) is 16.3. The highest BCUT2D eigenvalue weighted by atomic mass is 16.5. The van der Waals surface area contributed by atoms with Crippen molar-refractivity contribution in [3.63, 3.8) is 0 Å². The van der Waals surface area contributed by atoms with Crippen LogP contribution in [0.2, 0.25) is 0 Å². The van der Waals surface area contributed by atoms with Crippen molar-refractivity contribution >= 4 is 17.6 Å². The number of hydrogen-bond acceptors (Lipinski definition) is 3. The zero-order valence-corrected chi connectivity index (χ0v) is 15.5. The van der Waals surface area contributed by atoms with E-state index >= 15 is 0 Å². The van der Waals surface area contributed by atoms with Crippen LogP contribution in [-0.4, -0.2) is 38.7 Å². The van der Waals surface area contributed by atoms with E-state index < -0.39 is 0 Å². The lowest BCUT2D eigenvalue weighted by Crippen LogP contribution is -2.39. The monoisotopic (exact) mass is 367 g/mol. The van der Waals surface area contributed by atoms with Gasteiger partial charge in [-0.25, -0.2) is 4.79 Å². The maximum Gasteiger partial charge on any atom is 0.314 e. The Morgan fingerprint density at radius 2 is 1.85 bits per heavy atom. The topological polar surface area (TPSA) is 70.7 Å². The number of methoxy groups -OCH3 is 1. The van der Waals surface area contributed by atoms with Gasteiger partial charge in [0.1, 0.15) is 5.75 Å². The van der Waals surface area contributed by atoms with Crippen molar-refractivity contribution in [2.75, 3.05) is 31.6 Å². The Kier molecular flexibility index (Phi) is 6.30. The maximum atomic E-state index is 12.3. The van der Waals surface area contributed by atoms with Gasteiger partial charge in [0, 0.05) is 37.7 Å². The molecule has 6 nitrogen and oxygen atoms in total. The lowest BCUT2D eigenvalue weighted by molar-refractivity contribution is -0.117. The zero-order chi connectivity index (χ0) is 19.1. The summed E-state index contributed by atoms with van der Waals surface area (Å²) in [5, 5.41) is 5.73. The Morgan fingerprint density at radius 1 is 1.11 bits per heavy atom. The van der Waals surface area contributed by atoms with E-state index in [0.29, 0.717) is 26.1 Å². The third-order valence-electron chi connectivity index (χ3n) is 4.68. The summed E-state index contributed by atoms with van der Waals surface area (Å²) in [4.78, 5) is 26.0. The first kappa shape index (κ1) is 18.8. The number of urea groups is 1. The maximum absolute atomic E-state index is 12.3. The Labute approximate surface area is 159 Å². The Balaban J connectivity index is 1.40. The molecule has 1 aliphatic rings. The second-order valence-electron chi connectivity index (χ2n) is 6.64. The van der Waals surface area contributed by atoms with Gasteiger partial charge < -0.3 is 20.3 Å². The fourth-order valence-corrected chi connectivity index (χ4v) is 3.19. The molecule has 1 heterocycles. The van der Waals surface area contributed by atoms with Gasteiger partial charge in [0.2, 0.25) is 5.91 Å². The van der Waals surface area contributed by atoms with Crippen LogP contribution in [0.5, 0.6) is 5.75 Å². The average Bonchev–Trinajstić information content (AvgIpc) is 3.08. The van der Waals surface area contributed by atoms with Crippen molar-refractivity contribution in [3.8, 4) is 5.75 Å². The third kappa shape index (κ3) is 5.23. The average molecular weight is 367 g/mol. The zero-order valence-electron chi connectivity index (χ0n) is 15.5. The highest BCUT2D eigenvalue weighted by Gasteiger charge is 2.30. The molecule has 0 saturated carbocycles.